The monoisotopic (exact) mass is 165 g/mol. The zero-order valence-corrected chi connectivity index (χ0v) is 7.07. The molecular weight excluding hydrogens is 154 g/mol. The lowest BCUT2D eigenvalue weighted by molar-refractivity contribution is 0.469. The molecule has 0 aliphatic heterocycles. The summed E-state index contributed by atoms with van der Waals surface area (Å²) in [5.74, 6) is 0.272. The van der Waals surface area contributed by atoms with Gasteiger partial charge in [-0.25, -0.2) is 0 Å². The van der Waals surface area contributed by atoms with E-state index >= 15 is 0 Å². The van der Waals surface area contributed by atoms with Crippen LogP contribution in [0.5, 0.6) is 5.75 Å². The van der Waals surface area contributed by atoms with Gasteiger partial charge in [-0.2, -0.15) is 5.26 Å². The summed E-state index contributed by atoms with van der Waals surface area (Å²) < 4.78 is 1.66. The minimum atomic E-state index is -0.0521. The number of hydrogen-bond donors (Lipinski definition) is 2. The maximum atomic E-state index is 9.24. The first-order chi connectivity index (χ1) is 5.57. The Morgan fingerprint density at radius 2 is 2.25 bits per heavy atom. The number of hydrogen-bond acceptors (Lipinski definition) is 3. The molecule has 0 saturated carbocycles. The van der Waals surface area contributed by atoms with Crippen molar-refractivity contribution in [1.29, 1.82) is 5.26 Å². The molecule has 3 N–H and O–H groups in total. The van der Waals surface area contributed by atoms with Crippen molar-refractivity contribution in [2.75, 3.05) is 5.73 Å². The van der Waals surface area contributed by atoms with Crippen LogP contribution >= 0.6 is 0 Å². The molecule has 4 nitrogen and oxygen atoms in total. The summed E-state index contributed by atoms with van der Waals surface area (Å²) in [5, 5.41) is 17.8. The van der Waals surface area contributed by atoms with Crippen LogP contribution in [-0.2, 0) is 0 Å². The fourth-order valence-electron chi connectivity index (χ4n) is 1.07. The third kappa shape index (κ3) is 1.10. The number of aromatic nitrogens is 1. The normalized spacial score (nSPS) is 10.2. The molecule has 0 radical (unpaired) electrons. The number of nitrogens with two attached hydrogens (primary N) is 1. The average Bonchev–Trinajstić information content (AvgIpc) is 2.27. The minimum absolute atomic E-state index is 0.0521. The zero-order chi connectivity index (χ0) is 9.30. The molecule has 0 spiro atoms. The first-order valence-electron chi connectivity index (χ1n) is 3.67. The molecule has 0 aliphatic rings. The van der Waals surface area contributed by atoms with Gasteiger partial charge in [0, 0.05) is 12.2 Å². The van der Waals surface area contributed by atoms with Crippen molar-refractivity contribution < 1.29 is 5.11 Å². The molecule has 0 amide bonds. The maximum absolute atomic E-state index is 9.24. The van der Waals surface area contributed by atoms with Gasteiger partial charge in [-0.3, -0.25) is 0 Å². The molecule has 1 aromatic heterocycles. The van der Waals surface area contributed by atoms with Crippen LogP contribution < -0.4 is 5.73 Å². The Labute approximate surface area is 70.8 Å². The molecule has 1 heterocycles. The molecule has 1 aromatic rings. The van der Waals surface area contributed by atoms with E-state index in [-0.39, 0.29) is 17.4 Å². The quantitative estimate of drug-likeness (QED) is 0.657. The third-order valence-corrected chi connectivity index (χ3v) is 1.72. The van der Waals surface area contributed by atoms with E-state index in [2.05, 4.69) is 0 Å². The second-order valence-corrected chi connectivity index (χ2v) is 2.89. The van der Waals surface area contributed by atoms with Gasteiger partial charge in [0.2, 0.25) is 0 Å². The number of rotatable bonds is 1. The van der Waals surface area contributed by atoms with Crippen molar-refractivity contribution in [3.63, 3.8) is 0 Å². The molecule has 0 bridgehead atoms. The van der Waals surface area contributed by atoms with Gasteiger partial charge in [0.1, 0.15) is 17.5 Å². The molecule has 12 heavy (non-hydrogen) atoms. The van der Waals surface area contributed by atoms with Crippen LogP contribution in [0.1, 0.15) is 25.5 Å². The fraction of sp³-hybridized carbons (Fsp3) is 0.375. The highest BCUT2D eigenvalue weighted by molar-refractivity contribution is 5.58. The van der Waals surface area contributed by atoms with Gasteiger partial charge in [0.25, 0.3) is 0 Å². The van der Waals surface area contributed by atoms with Gasteiger partial charge in [-0.05, 0) is 13.8 Å². The van der Waals surface area contributed by atoms with E-state index in [1.165, 1.54) is 6.20 Å². The Morgan fingerprint density at radius 3 is 2.50 bits per heavy atom. The molecule has 0 atom stereocenters. The number of anilines is 1. The minimum Gasteiger partial charge on any atom is -0.505 e. The van der Waals surface area contributed by atoms with Crippen molar-refractivity contribution in [2.45, 2.75) is 19.9 Å². The molecule has 0 aliphatic carbocycles. The van der Waals surface area contributed by atoms with Crippen LogP contribution in [0.3, 0.4) is 0 Å². The van der Waals surface area contributed by atoms with Crippen LogP contribution in [0.2, 0.25) is 0 Å². The van der Waals surface area contributed by atoms with Crippen LogP contribution in [0.25, 0.3) is 0 Å². The van der Waals surface area contributed by atoms with Crippen molar-refractivity contribution in [2.24, 2.45) is 0 Å². The molecule has 4 heteroatoms. The summed E-state index contributed by atoms with van der Waals surface area (Å²) in [7, 11) is 0. The largest absolute Gasteiger partial charge is 0.505 e. The summed E-state index contributed by atoms with van der Waals surface area (Å²) in [6.07, 6.45) is 1.47. The predicted octanol–water partition coefficient (Wildman–Crippen LogP) is 1.23. The van der Waals surface area contributed by atoms with E-state index < -0.39 is 0 Å². The number of nitriles is 1. The first kappa shape index (κ1) is 8.47. The summed E-state index contributed by atoms with van der Waals surface area (Å²) in [6.45, 7) is 3.86. The van der Waals surface area contributed by atoms with Crippen molar-refractivity contribution in [3.05, 3.63) is 11.8 Å². The number of nitrogens with zero attached hydrogens (tertiary/aromatic N) is 2. The second-order valence-electron chi connectivity index (χ2n) is 2.89. The Bertz CT molecular complexity index is 333. The van der Waals surface area contributed by atoms with Gasteiger partial charge in [-0.1, -0.05) is 0 Å². The molecule has 64 valence electrons. The topological polar surface area (TPSA) is 75.0 Å². The van der Waals surface area contributed by atoms with Gasteiger partial charge in [0.15, 0.2) is 5.75 Å². The SMILES string of the molecule is CC(C)n1cc(O)c(C#N)c1N. The van der Waals surface area contributed by atoms with Crippen LogP contribution in [0.15, 0.2) is 6.20 Å². The Kier molecular flexibility index (Phi) is 1.96. The van der Waals surface area contributed by atoms with E-state index in [0.717, 1.165) is 0 Å². The van der Waals surface area contributed by atoms with E-state index in [1.807, 2.05) is 19.9 Å². The third-order valence-electron chi connectivity index (χ3n) is 1.72. The molecule has 1 rings (SSSR count). The maximum Gasteiger partial charge on any atom is 0.153 e. The lowest BCUT2D eigenvalue weighted by atomic mass is 10.3. The van der Waals surface area contributed by atoms with E-state index in [4.69, 9.17) is 11.0 Å². The highest BCUT2D eigenvalue weighted by Crippen LogP contribution is 2.27. The van der Waals surface area contributed by atoms with E-state index in [0.29, 0.717) is 5.82 Å². The Balaban J connectivity index is 3.29. The van der Waals surface area contributed by atoms with E-state index in [1.54, 1.807) is 4.57 Å². The Morgan fingerprint density at radius 1 is 1.67 bits per heavy atom. The second kappa shape index (κ2) is 2.78. The summed E-state index contributed by atoms with van der Waals surface area (Å²) in [4.78, 5) is 0. The molecule has 0 aromatic carbocycles. The van der Waals surface area contributed by atoms with Gasteiger partial charge in [-0.15, -0.1) is 0 Å². The van der Waals surface area contributed by atoms with Gasteiger partial charge >= 0.3 is 0 Å². The van der Waals surface area contributed by atoms with Crippen LogP contribution in [0, 0.1) is 11.3 Å². The highest BCUT2D eigenvalue weighted by Gasteiger charge is 2.13. The predicted molar refractivity (Wildman–Crippen MR) is 45.6 cm³/mol. The number of aromatic hydroxyl groups is 1. The van der Waals surface area contributed by atoms with Gasteiger partial charge in [0.05, 0.1) is 0 Å². The lowest BCUT2D eigenvalue weighted by Crippen LogP contribution is -2.04. The smallest absolute Gasteiger partial charge is 0.153 e. The average molecular weight is 165 g/mol. The zero-order valence-electron chi connectivity index (χ0n) is 7.07. The standard InChI is InChI=1S/C8H11N3O/c1-5(2)11-4-7(12)6(3-9)8(11)10/h4-5,12H,10H2,1-2H3. The lowest BCUT2D eigenvalue weighted by Gasteiger charge is -2.08. The van der Waals surface area contributed by atoms with Crippen LogP contribution in [-0.4, -0.2) is 9.67 Å². The van der Waals surface area contributed by atoms with Crippen molar-refractivity contribution in [3.8, 4) is 11.8 Å². The molecule has 0 unspecified atom stereocenters. The van der Waals surface area contributed by atoms with E-state index in [9.17, 15) is 5.11 Å². The van der Waals surface area contributed by atoms with Gasteiger partial charge < -0.3 is 15.4 Å². The Hall–Kier alpha value is -1.63. The summed E-state index contributed by atoms with van der Waals surface area (Å²) >= 11 is 0. The number of nitrogen functional groups attached to an aromatic ring is 1. The first-order valence-corrected chi connectivity index (χ1v) is 3.67. The van der Waals surface area contributed by atoms with Crippen LogP contribution in [0.4, 0.5) is 5.82 Å². The summed E-state index contributed by atoms with van der Waals surface area (Å²) in [6, 6.07) is 1.99. The fourth-order valence-corrected chi connectivity index (χ4v) is 1.07. The highest BCUT2D eigenvalue weighted by atomic mass is 16.3. The molecule has 0 fully saturated rings. The summed E-state index contributed by atoms with van der Waals surface area (Å²) in [5.41, 5.74) is 5.75. The molecular formula is C8H11N3O. The van der Waals surface area contributed by atoms with Crippen molar-refractivity contribution >= 4 is 5.82 Å². The molecule has 0 saturated heterocycles. The van der Waals surface area contributed by atoms with Crippen molar-refractivity contribution in [1.82, 2.24) is 4.57 Å².